The number of carbonyl (C=O) groups is 3. The Balaban J connectivity index is 1.77. The summed E-state index contributed by atoms with van der Waals surface area (Å²) in [6.07, 6.45) is -0.0217. The number of hydrogen-bond acceptors (Lipinski definition) is 7. The van der Waals surface area contributed by atoms with E-state index >= 15 is 0 Å². The van der Waals surface area contributed by atoms with Crippen molar-refractivity contribution in [2.75, 3.05) is 33.5 Å². The summed E-state index contributed by atoms with van der Waals surface area (Å²) < 4.78 is 15.6. The Morgan fingerprint density at radius 1 is 1.03 bits per heavy atom. The van der Waals surface area contributed by atoms with Crippen LogP contribution in [0.4, 0.5) is 4.79 Å². The Morgan fingerprint density at radius 2 is 1.68 bits per heavy atom. The van der Waals surface area contributed by atoms with E-state index in [1.807, 2.05) is 12.1 Å². The fourth-order valence-electron chi connectivity index (χ4n) is 2.79. The van der Waals surface area contributed by atoms with Crippen LogP contribution in [0.15, 0.2) is 48.5 Å². The Hall–Kier alpha value is -3.30. The van der Waals surface area contributed by atoms with Crippen LogP contribution in [0, 0.1) is 0 Å². The third kappa shape index (κ3) is 8.57. The molecule has 0 aromatic heterocycles. The molecule has 0 radical (unpaired) electrons. The molecule has 2 amide bonds. The molecule has 3 N–H and O–H groups in total. The third-order valence-electron chi connectivity index (χ3n) is 4.74. The third-order valence-corrected chi connectivity index (χ3v) is 4.99. The summed E-state index contributed by atoms with van der Waals surface area (Å²) in [7, 11) is 1.53. The topological polar surface area (TPSA) is 120 Å². The second-order valence-electron chi connectivity index (χ2n) is 7.94. The Morgan fingerprint density at radius 3 is 2.29 bits per heavy atom. The molecule has 184 valence electrons. The lowest BCUT2D eigenvalue weighted by Crippen LogP contribution is -2.40. The number of amides is 2. The maximum atomic E-state index is 12.3. The van der Waals surface area contributed by atoms with Crippen LogP contribution in [-0.4, -0.2) is 61.9 Å². The predicted octanol–water partition coefficient (Wildman–Crippen LogP) is 3.00. The van der Waals surface area contributed by atoms with E-state index in [1.165, 1.54) is 11.9 Å². The molecule has 0 unspecified atom stereocenters. The van der Waals surface area contributed by atoms with Crippen molar-refractivity contribution in [3.8, 4) is 5.75 Å². The van der Waals surface area contributed by atoms with Gasteiger partial charge in [0.25, 0.3) is 5.91 Å². The van der Waals surface area contributed by atoms with Gasteiger partial charge in [-0.2, -0.15) is 0 Å². The smallest absolute Gasteiger partial charge is 0.412 e. The van der Waals surface area contributed by atoms with Crippen LogP contribution in [0.3, 0.4) is 0 Å². The SMILES string of the molecule is CN(CCN)C(=O)OCOC(=O)C(C)(C)Oc1ccc(CCNC(=O)c2ccc(Cl)cc2)cc1. The molecule has 0 spiro atoms. The normalized spacial score (nSPS) is 10.9. The van der Waals surface area contributed by atoms with E-state index < -0.39 is 24.5 Å². The van der Waals surface area contributed by atoms with E-state index in [9.17, 15) is 14.4 Å². The monoisotopic (exact) mass is 491 g/mol. The summed E-state index contributed by atoms with van der Waals surface area (Å²) in [6.45, 7) is 3.66. The van der Waals surface area contributed by atoms with Crippen molar-refractivity contribution >= 4 is 29.6 Å². The highest BCUT2D eigenvalue weighted by atomic mass is 35.5. The fourth-order valence-corrected chi connectivity index (χ4v) is 2.91. The average Bonchev–Trinajstić information content (AvgIpc) is 2.80. The van der Waals surface area contributed by atoms with Gasteiger partial charge in [0.05, 0.1) is 0 Å². The molecule has 0 saturated carbocycles. The Kier molecular flexibility index (Phi) is 10.2. The molecule has 0 saturated heterocycles. The quantitative estimate of drug-likeness (QED) is 0.366. The molecule has 0 bridgehead atoms. The second-order valence-corrected chi connectivity index (χ2v) is 8.38. The van der Waals surface area contributed by atoms with Gasteiger partial charge in [-0.3, -0.25) is 4.79 Å². The van der Waals surface area contributed by atoms with Gasteiger partial charge in [0, 0.05) is 37.3 Å². The molecule has 0 heterocycles. The minimum atomic E-state index is -1.30. The summed E-state index contributed by atoms with van der Waals surface area (Å²) in [6, 6.07) is 13.8. The van der Waals surface area contributed by atoms with Gasteiger partial charge in [0.1, 0.15) is 5.75 Å². The van der Waals surface area contributed by atoms with Gasteiger partial charge < -0.3 is 30.2 Å². The molecule has 0 atom stereocenters. The van der Waals surface area contributed by atoms with Gasteiger partial charge in [-0.25, -0.2) is 9.59 Å². The highest BCUT2D eigenvalue weighted by Gasteiger charge is 2.32. The predicted molar refractivity (Wildman–Crippen MR) is 128 cm³/mol. The summed E-state index contributed by atoms with van der Waals surface area (Å²) in [5, 5.41) is 3.43. The van der Waals surface area contributed by atoms with Crippen LogP contribution >= 0.6 is 11.6 Å². The first-order chi connectivity index (χ1) is 16.1. The van der Waals surface area contributed by atoms with Crippen LogP contribution in [0.25, 0.3) is 0 Å². The summed E-state index contributed by atoms with van der Waals surface area (Å²) >= 11 is 5.83. The van der Waals surface area contributed by atoms with Crippen molar-refractivity contribution in [3.05, 3.63) is 64.7 Å². The molecule has 2 rings (SSSR count). The lowest BCUT2D eigenvalue weighted by atomic mass is 10.1. The zero-order valence-corrected chi connectivity index (χ0v) is 20.3. The number of rotatable bonds is 11. The standard InChI is InChI=1S/C24H30ClN3O6/c1-24(2,22(30)32-16-33-23(31)28(3)15-13-26)34-20-10-4-17(5-11-20)12-14-27-21(29)18-6-8-19(25)9-7-18/h4-11H,12-16,26H2,1-3H3,(H,27,29). The number of halogens is 1. The van der Waals surface area contributed by atoms with E-state index in [-0.39, 0.29) is 5.91 Å². The zero-order valence-electron chi connectivity index (χ0n) is 19.5. The molecule has 9 nitrogen and oxygen atoms in total. The second kappa shape index (κ2) is 12.8. The van der Waals surface area contributed by atoms with Crippen LogP contribution < -0.4 is 15.8 Å². The van der Waals surface area contributed by atoms with Gasteiger partial charge >= 0.3 is 12.1 Å². The first-order valence-electron chi connectivity index (χ1n) is 10.7. The number of carbonyl (C=O) groups excluding carboxylic acids is 3. The van der Waals surface area contributed by atoms with Crippen molar-refractivity contribution in [2.45, 2.75) is 25.9 Å². The first-order valence-corrected chi connectivity index (χ1v) is 11.1. The number of nitrogens with two attached hydrogens (primary N) is 1. The highest BCUT2D eigenvalue weighted by molar-refractivity contribution is 6.30. The Bertz CT molecular complexity index is 964. The number of esters is 1. The zero-order chi connectivity index (χ0) is 25.1. The lowest BCUT2D eigenvalue weighted by molar-refractivity contribution is -0.168. The molecule has 34 heavy (non-hydrogen) atoms. The van der Waals surface area contributed by atoms with Crippen LogP contribution in [0.5, 0.6) is 5.75 Å². The number of nitrogens with one attached hydrogen (secondary N) is 1. The van der Waals surface area contributed by atoms with Crippen LogP contribution in [-0.2, 0) is 20.7 Å². The number of nitrogens with zero attached hydrogens (tertiary/aromatic N) is 1. The molecular formula is C24H30ClN3O6. The van der Waals surface area contributed by atoms with Crippen LogP contribution in [0.2, 0.25) is 5.02 Å². The molecule has 10 heteroatoms. The van der Waals surface area contributed by atoms with Gasteiger partial charge in [0.15, 0.2) is 5.60 Å². The first kappa shape index (κ1) is 26.9. The number of likely N-dealkylation sites (N-methyl/N-ethyl adjacent to an activating group) is 1. The van der Waals surface area contributed by atoms with Gasteiger partial charge in [0.2, 0.25) is 6.79 Å². The van der Waals surface area contributed by atoms with Crippen molar-refractivity contribution < 1.29 is 28.6 Å². The number of ether oxygens (including phenoxy) is 3. The van der Waals surface area contributed by atoms with Gasteiger partial charge in [-0.05, 0) is 62.2 Å². The maximum Gasteiger partial charge on any atom is 0.412 e. The van der Waals surface area contributed by atoms with Crippen LogP contribution in [0.1, 0.15) is 29.8 Å². The molecule has 0 fully saturated rings. The minimum Gasteiger partial charge on any atom is -0.476 e. The highest BCUT2D eigenvalue weighted by Crippen LogP contribution is 2.20. The fraction of sp³-hybridized carbons (Fsp3) is 0.375. The van der Waals surface area contributed by atoms with Gasteiger partial charge in [-0.1, -0.05) is 23.7 Å². The van der Waals surface area contributed by atoms with Gasteiger partial charge in [-0.15, -0.1) is 0 Å². The Labute approximate surface area is 204 Å². The van der Waals surface area contributed by atoms with E-state index in [1.54, 1.807) is 50.2 Å². The molecule has 0 aliphatic heterocycles. The minimum absolute atomic E-state index is 0.173. The van der Waals surface area contributed by atoms with E-state index in [0.717, 1.165) is 5.56 Å². The maximum absolute atomic E-state index is 12.3. The van der Waals surface area contributed by atoms with Crippen molar-refractivity contribution in [1.82, 2.24) is 10.2 Å². The van der Waals surface area contributed by atoms with Crippen molar-refractivity contribution in [2.24, 2.45) is 5.73 Å². The van der Waals surface area contributed by atoms with E-state index in [2.05, 4.69) is 5.32 Å². The lowest BCUT2D eigenvalue weighted by Gasteiger charge is -2.24. The molecule has 2 aromatic carbocycles. The number of hydrogen-bond donors (Lipinski definition) is 2. The molecular weight excluding hydrogens is 462 g/mol. The largest absolute Gasteiger partial charge is 0.476 e. The van der Waals surface area contributed by atoms with Crippen molar-refractivity contribution in [3.63, 3.8) is 0 Å². The summed E-state index contributed by atoms with van der Waals surface area (Å²) in [5.74, 6) is -0.389. The average molecular weight is 492 g/mol. The van der Waals surface area contributed by atoms with E-state index in [4.69, 9.17) is 31.5 Å². The van der Waals surface area contributed by atoms with E-state index in [0.29, 0.717) is 42.4 Å². The van der Waals surface area contributed by atoms with Crippen molar-refractivity contribution in [1.29, 1.82) is 0 Å². The molecule has 0 aliphatic carbocycles. The molecule has 2 aromatic rings. The summed E-state index contributed by atoms with van der Waals surface area (Å²) in [5.41, 5.74) is 5.60. The number of benzene rings is 2. The molecule has 0 aliphatic rings. The summed E-state index contributed by atoms with van der Waals surface area (Å²) in [4.78, 5) is 37.4.